The third-order valence-corrected chi connectivity index (χ3v) is 4.13. The minimum Gasteiger partial charge on any atom is -0.389 e. The first-order valence-electron chi connectivity index (χ1n) is 5.23. The van der Waals surface area contributed by atoms with E-state index in [-0.39, 0.29) is 0 Å². The van der Waals surface area contributed by atoms with Gasteiger partial charge in [-0.15, -0.1) is 10.2 Å². The van der Waals surface area contributed by atoms with Crippen molar-refractivity contribution in [2.45, 2.75) is 44.4 Å². The second kappa shape index (κ2) is 4.99. The fourth-order valence-corrected chi connectivity index (χ4v) is 2.40. The van der Waals surface area contributed by atoms with Gasteiger partial charge in [-0.05, 0) is 19.8 Å². The highest BCUT2D eigenvalue weighted by Crippen LogP contribution is 2.25. The highest BCUT2D eigenvalue weighted by Gasteiger charge is 2.23. The van der Waals surface area contributed by atoms with Crippen molar-refractivity contribution >= 4 is 11.8 Å². The molecule has 0 saturated heterocycles. The number of aryl methyl sites for hydroxylation is 1. The highest BCUT2D eigenvalue weighted by atomic mass is 32.2. The zero-order valence-electron chi connectivity index (χ0n) is 9.82. The van der Waals surface area contributed by atoms with E-state index in [1.165, 1.54) is 0 Å². The fourth-order valence-electron chi connectivity index (χ4n) is 1.17. The number of aliphatic hydroxyl groups is 1. The first kappa shape index (κ1) is 12.5. The third-order valence-electron chi connectivity index (χ3n) is 2.84. The molecule has 1 rings (SSSR count). The quantitative estimate of drug-likeness (QED) is 0.782. The Hall–Kier alpha value is -0.550. The molecule has 0 bridgehead atoms. The number of thioether (sulfide) groups is 1. The fraction of sp³-hybridized carbons (Fsp3) is 0.800. The molecule has 0 saturated carbocycles. The van der Waals surface area contributed by atoms with Crippen LogP contribution in [0.2, 0.25) is 0 Å². The van der Waals surface area contributed by atoms with Crippen molar-refractivity contribution in [2.75, 3.05) is 5.75 Å². The summed E-state index contributed by atoms with van der Waals surface area (Å²) >= 11 is 1.56. The van der Waals surface area contributed by atoms with Gasteiger partial charge in [-0.2, -0.15) is 0 Å². The Balaban J connectivity index is 2.60. The van der Waals surface area contributed by atoms with Gasteiger partial charge < -0.3 is 9.67 Å². The Bertz CT molecular complexity index is 320. The molecule has 1 aromatic heterocycles. The molecule has 0 aliphatic heterocycles. The van der Waals surface area contributed by atoms with Crippen molar-refractivity contribution in [2.24, 2.45) is 7.05 Å². The molecule has 86 valence electrons. The smallest absolute Gasteiger partial charge is 0.191 e. The Labute approximate surface area is 95.1 Å². The molecule has 0 radical (unpaired) electrons. The van der Waals surface area contributed by atoms with Crippen LogP contribution in [0, 0.1) is 6.92 Å². The lowest BCUT2D eigenvalue weighted by molar-refractivity contribution is 0.0571. The average molecular weight is 229 g/mol. The van der Waals surface area contributed by atoms with E-state index in [1.807, 2.05) is 32.4 Å². The minimum atomic E-state index is -0.579. The van der Waals surface area contributed by atoms with Crippen molar-refractivity contribution < 1.29 is 5.11 Å². The summed E-state index contributed by atoms with van der Waals surface area (Å²) in [6, 6.07) is 0. The number of rotatable bonds is 5. The van der Waals surface area contributed by atoms with Crippen LogP contribution in [0.5, 0.6) is 0 Å². The molecule has 0 aromatic carbocycles. The van der Waals surface area contributed by atoms with Crippen LogP contribution in [0.25, 0.3) is 0 Å². The van der Waals surface area contributed by atoms with E-state index in [0.29, 0.717) is 5.75 Å². The molecule has 0 atom stereocenters. The lowest BCUT2D eigenvalue weighted by Gasteiger charge is -2.24. The summed E-state index contributed by atoms with van der Waals surface area (Å²) in [4.78, 5) is 0. The van der Waals surface area contributed by atoms with Crippen molar-refractivity contribution in [1.29, 1.82) is 0 Å². The van der Waals surface area contributed by atoms with Gasteiger partial charge in [0, 0.05) is 12.8 Å². The molecule has 0 aliphatic rings. The Morgan fingerprint density at radius 2 is 1.93 bits per heavy atom. The van der Waals surface area contributed by atoms with E-state index in [2.05, 4.69) is 10.2 Å². The van der Waals surface area contributed by atoms with Gasteiger partial charge in [-0.3, -0.25) is 0 Å². The Morgan fingerprint density at radius 3 is 2.33 bits per heavy atom. The summed E-state index contributed by atoms with van der Waals surface area (Å²) in [7, 11) is 1.94. The summed E-state index contributed by atoms with van der Waals surface area (Å²) in [5.74, 6) is 1.57. The summed E-state index contributed by atoms with van der Waals surface area (Å²) in [6.45, 7) is 5.93. The Kier molecular flexibility index (Phi) is 4.16. The van der Waals surface area contributed by atoms with E-state index in [4.69, 9.17) is 0 Å². The molecule has 15 heavy (non-hydrogen) atoms. The van der Waals surface area contributed by atoms with Gasteiger partial charge in [0.05, 0.1) is 5.60 Å². The van der Waals surface area contributed by atoms with Crippen LogP contribution in [0.15, 0.2) is 5.16 Å². The van der Waals surface area contributed by atoms with E-state index < -0.39 is 5.60 Å². The topological polar surface area (TPSA) is 50.9 Å². The van der Waals surface area contributed by atoms with E-state index >= 15 is 0 Å². The highest BCUT2D eigenvalue weighted by molar-refractivity contribution is 7.99. The van der Waals surface area contributed by atoms with Crippen LogP contribution >= 0.6 is 11.8 Å². The third kappa shape index (κ3) is 2.95. The van der Waals surface area contributed by atoms with E-state index in [9.17, 15) is 5.11 Å². The molecule has 4 nitrogen and oxygen atoms in total. The average Bonchev–Trinajstić information content (AvgIpc) is 2.57. The summed E-state index contributed by atoms with van der Waals surface area (Å²) < 4.78 is 1.94. The second-order valence-electron chi connectivity index (χ2n) is 3.81. The molecule has 0 aliphatic carbocycles. The lowest BCUT2D eigenvalue weighted by atomic mass is 10.0. The van der Waals surface area contributed by atoms with Gasteiger partial charge in [0.1, 0.15) is 5.82 Å². The number of hydrogen-bond acceptors (Lipinski definition) is 4. The molecular formula is C10H19N3OS. The molecule has 1 heterocycles. The standard InChI is InChI=1S/C10H19N3OS/c1-5-10(14,6-2)7-15-9-12-11-8(3)13(9)4/h14H,5-7H2,1-4H3. The van der Waals surface area contributed by atoms with E-state index in [0.717, 1.165) is 23.8 Å². The van der Waals surface area contributed by atoms with Crippen LogP contribution in [0.3, 0.4) is 0 Å². The Morgan fingerprint density at radius 1 is 1.33 bits per heavy atom. The molecule has 1 N–H and O–H groups in total. The van der Waals surface area contributed by atoms with Crippen molar-refractivity contribution in [3.8, 4) is 0 Å². The first-order chi connectivity index (χ1) is 7.02. The van der Waals surface area contributed by atoms with Crippen LogP contribution in [-0.2, 0) is 7.05 Å². The van der Waals surface area contributed by atoms with Gasteiger partial charge in [0.25, 0.3) is 0 Å². The summed E-state index contributed by atoms with van der Waals surface area (Å²) in [5, 5.41) is 19.0. The van der Waals surface area contributed by atoms with Crippen molar-refractivity contribution in [1.82, 2.24) is 14.8 Å². The maximum absolute atomic E-state index is 10.1. The van der Waals surface area contributed by atoms with Gasteiger partial charge in [-0.1, -0.05) is 25.6 Å². The van der Waals surface area contributed by atoms with Gasteiger partial charge in [-0.25, -0.2) is 0 Å². The molecular weight excluding hydrogens is 210 g/mol. The van der Waals surface area contributed by atoms with Crippen molar-refractivity contribution in [3.05, 3.63) is 5.82 Å². The molecule has 1 aromatic rings. The van der Waals surface area contributed by atoms with Gasteiger partial charge >= 0.3 is 0 Å². The van der Waals surface area contributed by atoms with Crippen molar-refractivity contribution in [3.63, 3.8) is 0 Å². The number of nitrogens with zero attached hydrogens (tertiary/aromatic N) is 3. The predicted molar refractivity (Wildman–Crippen MR) is 62.0 cm³/mol. The zero-order valence-corrected chi connectivity index (χ0v) is 10.6. The normalized spacial score (nSPS) is 12.1. The predicted octanol–water partition coefficient (Wildman–Crippen LogP) is 1.77. The van der Waals surface area contributed by atoms with Crippen LogP contribution in [0.1, 0.15) is 32.5 Å². The molecule has 0 spiro atoms. The maximum atomic E-state index is 10.1. The zero-order chi connectivity index (χ0) is 11.5. The van der Waals surface area contributed by atoms with Crippen LogP contribution < -0.4 is 0 Å². The first-order valence-corrected chi connectivity index (χ1v) is 6.22. The second-order valence-corrected chi connectivity index (χ2v) is 4.75. The number of hydrogen-bond donors (Lipinski definition) is 1. The molecule has 0 fully saturated rings. The van der Waals surface area contributed by atoms with Gasteiger partial charge in [0.15, 0.2) is 5.16 Å². The van der Waals surface area contributed by atoms with Crippen LogP contribution in [0.4, 0.5) is 0 Å². The van der Waals surface area contributed by atoms with Gasteiger partial charge in [0.2, 0.25) is 0 Å². The summed E-state index contributed by atoms with van der Waals surface area (Å²) in [6.07, 6.45) is 1.54. The summed E-state index contributed by atoms with van der Waals surface area (Å²) in [5.41, 5.74) is -0.579. The largest absolute Gasteiger partial charge is 0.389 e. The molecule has 5 heteroatoms. The van der Waals surface area contributed by atoms with E-state index in [1.54, 1.807) is 11.8 Å². The van der Waals surface area contributed by atoms with Crippen LogP contribution in [-0.4, -0.2) is 31.2 Å². The maximum Gasteiger partial charge on any atom is 0.191 e. The number of aromatic nitrogens is 3. The minimum absolute atomic E-state index is 0.579. The lowest BCUT2D eigenvalue weighted by Crippen LogP contribution is -2.29. The monoisotopic (exact) mass is 229 g/mol. The molecule has 0 amide bonds. The molecule has 0 unspecified atom stereocenters. The SMILES string of the molecule is CCC(O)(CC)CSc1nnc(C)n1C.